The van der Waals surface area contributed by atoms with E-state index in [1.807, 2.05) is 6.08 Å². The van der Waals surface area contributed by atoms with Gasteiger partial charge in [0.1, 0.15) is 6.04 Å². The van der Waals surface area contributed by atoms with Crippen molar-refractivity contribution in [1.29, 1.82) is 0 Å². The number of carboxylic acid groups (broad SMARTS) is 1. The number of unbranched alkanes of at least 4 members (excludes halogenated alkanes) is 5. The number of nitrogens with two attached hydrogens (primary N) is 1. The molecule has 21 heavy (non-hydrogen) atoms. The van der Waals surface area contributed by atoms with Crippen LogP contribution in [0, 0.1) is 0 Å². The molecule has 0 aromatic carbocycles. The summed E-state index contributed by atoms with van der Waals surface area (Å²) in [5.41, 5.74) is 5.21. The van der Waals surface area contributed by atoms with Crippen LogP contribution in [0.15, 0.2) is 24.3 Å². The summed E-state index contributed by atoms with van der Waals surface area (Å²) in [5.74, 6) is -1.66. The summed E-state index contributed by atoms with van der Waals surface area (Å²) < 4.78 is 0. The standard InChI is InChI=1S/C16H27NO4/c1-2-3-4-5-6-7-8-9-10-11-13(18)12-14(19)15(17)16(20)21/h8-11,14-15,19H,2-7,12,17H2,1H3,(H,20,21)/b9-8+,11-10?/t14-,15+/m1/s1. The Balaban J connectivity index is 3.82. The van der Waals surface area contributed by atoms with Crippen molar-refractivity contribution in [2.45, 2.75) is 64.0 Å². The first-order valence-corrected chi connectivity index (χ1v) is 7.51. The quantitative estimate of drug-likeness (QED) is 0.291. The fourth-order valence-corrected chi connectivity index (χ4v) is 1.77. The molecule has 5 heteroatoms. The molecule has 0 fully saturated rings. The summed E-state index contributed by atoms with van der Waals surface area (Å²) in [6, 6.07) is -1.43. The first-order valence-electron chi connectivity index (χ1n) is 7.51. The molecule has 0 rings (SSSR count). The average molecular weight is 297 g/mol. The van der Waals surface area contributed by atoms with Crippen molar-refractivity contribution in [2.75, 3.05) is 0 Å². The van der Waals surface area contributed by atoms with Crippen LogP contribution in [0.2, 0.25) is 0 Å². The Morgan fingerprint density at radius 3 is 2.43 bits per heavy atom. The predicted octanol–water partition coefficient (Wildman–Crippen LogP) is 2.19. The second-order valence-corrected chi connectivity index (χ2v) is 5.09. The molecule has 120 valence electrons. The Bertz CT molecular complexity index is 363. The lowest BCUT2D eigenvalue weighted by Crippen LogP contribution is -2.42. The largest absolute Gasteiger partial charge is 0.480 e. The van der Waals surface area contributed by atoms with Gasteiger partial charge in [0, 0.05) is 6.42 Å². The molecule has 0 aliphatic heterocycles. The van der Waals surface area contributed by atoms with Crippen LogP contribution in [0.4, 0.5) is 0 Å². The predicted molar refractivity (Wildman–Crippen MR) is 82.9 cm³/mol. The smallest absolute Gasteiger partial charge is 0.323 e. The van der Waals surface area contributed by atoms with Crippen molar-refractivity contribution in [3.8, 4) is 0 Å². The van der Waals surface area contributed by atoms with E-state index in [4.69, 9.17) is 10.8 Å². The van der Waals surface area contributed by atoms with Gasteiger partial charge in [-0.05, 0) is 18.9 Å². The van der Waals surface area contributed by atoms with E-state index in [1.165, 1.54) is 31.8 Å². The summed E-state index contributed by atoms with van der Waals surface area (Å²) in [6.07, 6.45) is 12.2. The Hall–Kier alpha value is -1.46. The molecule has 0 bridgehead atoms. The summed E-state index contributed by atoms with van der Waals surface area (Å²) in [4.78, 5) is 22.0. The van der Waals surface area contributed by atoms with E-state index in [0.717, 1.165) is 12.8 Å². The molecular formula is C16H27NO4. The lowest BCUT2D eigenvalue weighted by atomic mass is 10.1. The van der Waals surface area contributed by atoms with Crippen LogP contribution in [0.25, 0.3) is 0 Å². The van der Waals surface area contributed by atoms with Gasteiger partial charge in [-0.2, -0.15) is 0 Å². The zero-order valence-electron chi connectivity index (χ0n) is 12.7. The molecule has 0 saturated carbocycles. The molecule has 0 aliphatic carbocycles. The van der Waals surface area contributed by atoms with Gasteiger partial charge in [0.05, 0.1) is 6.10 Å². The fourth-order valence-electron chi connectivity index (χ4n) is 1.77. The minimum absolute atomic E-state index is 0.283. The first-order chi connectivity index (χ1) is 9.99. The van der Waals surface area contributed by atoms with E-state index in [2.05, 4.69) is 6.92 Å². The van der Waals surface area contributed by atoms with Crippen LogP contribution < -0.4 is 5.73 Å². The molecule has 0 aromatic rings. The summed E-state index contributed by atoms with van der Waals surface area (Å²) in [7, 11) is 0. The van der Waals surface area contributed by atoms with Crippen molar-refractivity contribution in [3.63, 3.8) is 0 Å². The van der Waals surface area contributed by atoms with Gasteiger partial charge in [-0.1, -0.05) is 50.8 Å². The third-order valence-electron chi connectivity index (χ3n) is 3.11. The number of allylic oxidation sites excluding steroid dienone is 4. The highest BCUT2D eigenvalue weighted by molar-refractivity contribution is 5.90. The number of aliphatic hydroxyl groups excluding tert-OH is 1. The molecule has 4 N–H and O–H groups in total. The van der Waals surface area contributed by atoms with E-state index in [-0.39, 0.29) is 12.2 Å². The van der Waals surface area contributed by atoms with Crippen LogP contribution in [0.3, 0.4) is 0 Å². The van der Waals surface area contributed by atoms with Crippen molar-refractivity contribution in [3.05, 3.63) is 24.3 Å². The van der Waals surface area contributed by atoms with Crippen LogP contribution in [0.5, 0.6) is 0 Å². The normalized spacial score (nSPS) is 14.6. The molecule has 0 aromatic heterocycles. The highest BCUT2D eigenvalue weighted by Gasteiger charge is 2.23. The molecule has 0 heterocycles. The van der Waals surface area contributed by atoms with Crippen LogP contribution in [0.1, 0.15) is 51.9 Å². The minimum Gasteiger partial charge on any atom is -0.480 e. The molecule has 0 spiro atoms. The van der Waals surface area contributed by atoms with Crippen LogP contribution in [-0.2, 0) is 9.59 Å². The van der Waals surface area contributed by atoms with Crippen molar-refractivity contribution >= 4 is 11.8 Å². The molecule has 0 radical (unpaired) electrons. The van der Waals surface area contributed by atoms with E-state index in [1.54, 1.807) is 12.2 Å². The monoisotopic (exact) mass is 297 g/mol. The van der Waals surface area contributed by atoms with Crippen LogP contribution in [-0.4, -0.2) is 34.1 Å². The van der Waals surface area contributed by atoms with Gasteiger partial charge in [-0.25, -0.2) is 0 Å². The van der Waals surface area contributed by atoms with Gasteiger partial charge in [0.25, 0.3) is 0 Å². The number of aliphatic hydroxyl groups is 1. The third kappa shape index (κ3) is 10.9. The van der Waals surface area contributed by atoms with Gasteiger partial charge in [-0.15, -0.1) is 0 Å². The Labute approximate surface area is 126 Å². The highest BCUT2D eigenvalue weighted by Crippen LogP contribution is 2.05. The molecule has 5 nitrogen and oxygen atoms in total. The van der Waals surface area contributed by atoms with Gasteiger partial charge in [0.15, 0.2) is 5.78 Å². The number of rotatable bonds is 12. The third-order valence-corrected chi connectivity index (χ3v) is 3.11. The number of hydrogen-bond acceptors (Lipinski definition) is 4. The van der Waals surface area contributed by atoms with Crippen LogP contribution >= 0.6 is 0 Å². The summed E-state index contributed by atoms with van der Waals surface area (Å²) >= 11 is 0. The molecule has 2 atom stereocenters. The topological polar surface area (TPSA) is 101 Å². The lowest BCUT2D eigenvalue weighted by Gasteiger charge is -2.12. The Morgan fingerprint density at radius 2 is 1.81 bits per heavy atom. The average Bonchev–Trinajstić information content (AvgIpc) is 2.44. The van der Waals surface area contributed by atoms with E-state index < -0.39 is 18.1 Å². The number of ketones is 1. The summed E-state index contributed by atoms with van der Waals surface area (Å²) in [6.45, 7) is 2.18. The van der Waals surface area contributed by atoms with E-state index in [0.29, 0.717) is 0 Å². The second kappa shape index (κ2) is 12.3. The number of hydrogen-bond donors (Lipinski definition) is 3. The molecule has 0 aliphatic rings. The van der Waals surface area contributed by atoms with Gasteiger partial charge < -0.3 is 15.9 Å². The van der Waals surface area contributed by atoms with E-state index in [9.17, 15) is 14.7 Å². The molecule has 0 saturated heterocycles. The molecule has 0 amide bonds. The van der Waals surface area contributed by atoms with Crippen molar-refractivity contribution in [1.82, 2.24) is 0 Å². The fraction of sp³-hybridized carbons (Fsp3) is 0.625. The molecular weight excluding hydrogens is 270 g/mol. The van der Waals surface area contributed by atoms with Gasteiger partial charge >= 0.3 is 5.97 Å². The van der Waals surface area contributed by atoms with E-state index >= 15 is 0 Å². The first kappa shape index (κ1) is 19.5. The number of carboxylic acids is 1. The Kier molecular flexibility index (Phi) is 11.4. The maximum atomic E-state index is 11.5. The number of carbonyl (C=O) groups is 2. The van der Waals surface area contributed by atoms with Gasteiger partial charge in [0.2, 0.25) is 0 Å². The summed E-state index contributed by atoms with van der Waals surface area (Å²) in [5, 5.41) is 18.0. The van der Waals surface area contributed by atoms with Gasteiger partial charge in [-0.3, -0.25) is 9.59 Å². The van der Waals surface area contributed by atoms with Crippen molar-refractivity contribution in [2.24, 2.45) is 5.73 Å². The lowest BCUT2D eigenvalue weighted by molar-refractivity contribution is -0.141. The Morgan fingerprint density at radius 1 is 1.14 bits per heavy atom. The SMILES string of the molecule is CCCCCCC/C=C/C=CC(=O)C[C@@H](O)[C@H](N)C(=O)O. The van der Waals surface area contributed by atoms with Crippen molar-refractivity contribution < 1.29 is 19.8 Å². The number of carbonyl (C=O) groups excluding carboxylic acids is 1. The maximum Gasteiger partial charge on any atom is 0.323 e. The zero-order chi connectivity index (χ0) is 16.1. The maximum absolute atomic E-state index is 11.5. The number of aliphatic carboxylic acids is 1. The highest BCUT2D eigenvalue weighted by atomic mass is 16.4. The minimum atomic E-state index is -1.43. The second-order valence-electron chi connectivity index (χ2n) is 5.09. The zero-order valence-corrected chi connectivity index (χ0v) is 12.7. The molecule has 0 unspecified atom stereocenters.